The van der Waals surface area contributed by atoms with E-state index < -0.39 is 5.54 Å². The number of hydrogen-bond acceptors (Lipinski definition) is 3. The lowest BCUT2D eigenvalue weighted by Crippen LogP contribution is -2.68. The van der Waals surface area contributed by atoms with E-state index in [1.54, 1.807) is 4.90 Å². The summed E-state index contributed by atoms with van der Waals surface area (Å²) in [5.74, 6) is 0.352. The van der Waals surface area contributed by atoms with E-state index in [-0.39, 0.29) is 24.5 Å². The molecule has 1 aliphatic carbocycles. The van der Waals surface area contributed by atoms with Crippen molar-refractivity contribution in [3.63, 3.8) is 0 Å². The summed E-state index contributed by atoms with van der Waals surface area (Å²) >= 11 is 0. The van der Waals surface area contributed by atoms with Crippen LogP contribution in [0.4, 0.5) is 0 Å². The van der Waals surface area contributed by atoms with Crippen LogP contribution in [0.5, 0.6) is 0 Å². The SMILES string of the molecule is CC1(C2CC2)C(=O)NCC(=O)N1CC1CCCO1. The maximum atomic E-state index is 12.2. The van der Waals surface area contributed by atoms with Gasteiger partial charge in [-0.1, -0.05) is 0 Å². The Kier molecular flexibility index (Phi) is 2.81. The van der Waals surface area contributed by atoms with E-state index in [0.717, 1.165) is 32.3 Å². The first-order valence-corrected chi connectivity index (χ1v) is 6.82. The van der Waals surface area contributed by atoms with Gasteiger partial charge in [-0.15, -0.1) is 0 Å². The molecule has 0 aromatic heterocycles. The van der Waals surface area contributed by atoms with Gasteiger partial charge in [0.25, 0.3) is 0 Å². The second-order valence-corrected chi connectivity index (χ2v) is 5.74. The Hall–Kier alpha value is -1.10. The Morgan fingerprint density at radius 2 is 2.17 bits per heavy atom. The van der Waals surface area contributed by atoms with Crippen molar-refractivity contribution in [3.05, 3.63) is 0 Å². The molecule has 3 fully saturated rings. The van der Waals surface area contributed by atoms with Gasteiger partial charge in [-0.2, -0.15) is 0 Å². The van der Waals surface area contributed by atoms with Crippen LogP contribution in [0, 0.1) is 5.92 Å². The molecule has 0 radical (unpaired) electrons. The minimum absolute atomic E-state index is 0.00240. The number of nitrogens with zero attached hydrogens (tertiary/aromatic N) is 1. The van der Waals surface area contributed by atoms with Crippen molar-refractivity contribution in [1.82, 2.24) is 10.2 Å². The Bertz CT molecular complexity index is 374. The molecule has 2 amide bonds. The number of ether oxygens (including phenoxy) is 1. The average molecular weight is 252 g/mol. The molecule has 5 heteroatoms. The molecule has 0 spiro atoms. The maximum absolute atomic E-state index is 12.2. The van der Waals surface area contributed by atoms with Crippen molar-refractivity contribution in [2.75, 3.05) is 19.7 Å². The van der Waals surface area contributed by atoms with Crippen LogP contribution in [0.25, 0.3) is 0 Å². The highest BCUT2D eigenvalue weighted by atomic mass is 16.5. The summed E-state index contributed by atoms with van der Waals surface area (Å²) < 4.78 is 5.61. The van der Waals surface area contributed by atoms with Crippen LogP contribution >= 0.6 is 0 Å². The van der Waals surface area contributed by atoms with Gasteiger partial charge in [0.15, 0.2) is 0 Å². The van der Waals surface area contributed by atoms with Crippen LogP contribution in [-0.2, 0) is 14.3 Å². The zero-order chi connectivity index (χ0) is 12.8. The third-order valence-electron chi connectivity index (χ3n) is 4.50. The number of amides is 2. The summed E-state index contributed by atoms with van der Waals surface area (Å²) in [5, 5.41) is 2.73. The van der Waals surface area contributed by atoms with E-state index in [1.165, 1.54) is 0 Å². The van der Waals surface area contributed by atoms with Gasteiger partial charge in [0.1, 0.15) is 5.54 Å². The summed E-state index contributed by atoms with van der Waals surface area (Å²) in [7, 11) is 0. The lowest BCUT2D eigenvalue weighted by atomic mass is 9.89. The van der Waals surface area contributed by atoms with Crippen LogP contribution in [0.2, 0.25) is 0 Å². The Morgan fingerprint density at radius 1 is 1.39 bits per heavy atom. The highest BCUT2D eigenvalue weighted by Gasteiger charge is 2.55. The van der Waals surface area contributed by atoms with Gasteiger partial charge in [-0.3, -0.25) is 9.59 Å². The fraction of sp³-hybridized carbons (Fsp3) is 0.846. The molecule has 1 N–H and O–H groups in total. The molecule has 2 heterocycles. The number of piperazine rings is 1. The van der Waals surface area contributed by atoms with Gasteiger partial charge in [0.05, 0.1) is 12.6 Å². The van der Waals surface area contributed by atoms with E-state index in [0.29, 0.717) is 12.5 Å². The molecule has 3 rings (SSSR count). The number of carbonyl (C=O) groups excluding carboxylic acids is 2. The molecule has 2 atom stereocenters. The lowest BCUT2D eigenvalue weighted by Gasteiger charge is -2.44. The molecular formula is C13H20N2O3. The highest BCUT2D eigenvalue weighted by molar-refractivity contribution is 5.98. The quantitative estimate of drug-likeness (QED) is 0.785. The fourth-order valence-electron chi connectivity index (χ4n) is 3.15. The predicted molar refractivity (Wildman–Crippen MR) is 64.8 cm³/mol. The number of carbonyl (C=O) groups is 2. The highest BCUT2D eigenvalue weighted by Crippen LogP contribution is 2.44. The molecule has 2 saturated heterocycles. The summed E-state index contributed by atoms with van der Waals surface area (Å²) in [6.07, 6.45) is 4.24. The second kappa shape index (κ2) is 4.23. The van der Waals surface area contributed by atoms with Crippen LogP contribution < -0.4 is 5.32 Å². The molecule has 2 aliphatic heterocycles. The summed E-state index contributed by atoms with van der Waals surface area (Å²) in [4.78, 5) is 26.1. The van der Waals surface area contributed by atoms with Crippen molar-refractivity contribution in [2.24, 2.45) is 5.92 Å². The van der Waals surface area contributed by atoms with Crippen molar-refractivity contribution >= 4 is 11.8 Å². The minimum atomic E-state index is -0.652. The first kappa shape index (κ1) is 12.0. The van der Waals surface area contributed by atoms with Crippen molar-refractivity contribution in [1.29, 1.82) is 0 Å². The molecule has 0 aromatic rings. The largest absolute Gasteiger partial charge is 0.376 e. The van der Waals surface area contributed by atoms with Crippen LogP contribution in [0.1, 0.15) is 32.6 Å². The van der Waals surface area contributed by atoms with Gasteiger partial charge in [-0.25, -0.2) is 0 Å². The summed E-state index contributed by atoms with van der Waals surface area (Å²) in [6.45, 7) is 3.39. The molecule has 3 aliphatic rings. The number of hydrogen-bond donors (Lipinski definition) is 1. The lowest BCUT2D eigenvalue weighted by molar-refractivity contribution is -0.156. The fourth-order valence-corrected chi connectivity index (χ4v) is 3.15. The van der Waals surface area contributed by atoms with Crippen LogP contribution in [0.15, 0.2) is 0 Å². The van der Waals surface area contributed by atoms with Gasteiger partial charge in [-0.05, 0) is 38.5 Å². The Balaban J connectivity index is 1.81. The monoisotopic (exact) mass is 252 g/mol. The van der Waals surface area contributed by atoms with Crippen molar-refractivity contribution < 1.29 is 14.3 Å². The number of rotatable bonds is 3. The molecule has 100 valence electrons. The van der Waals surface area contributed by atoms with Gasteiger partial charge in [0.2, 0.25) is 11.8 Å². The van der Waals surface area contributed by atoms with Crippen LogP contribution in [-0.4, -0.2) is 48.1 Å². The maximum Gasteiger partial charge on any atom is 0.246 e. The van der Waals surface area contributed by atoms with E-state index in [2.05, 4.69) is 5.32 Å². The summed E-state index contributed by atoms with van der Waals surface area (Å²) in [5.41, 5.74) is -0.652. The molecule has 2 unspecified atom stereocenters. The van der Waals surface area contributed by atoms with E-state index in [1.807, 2.05) is 6.92 Å². The third-order valence-corrected chi connectivity index (χ3v) is 4.50. The van der Waals surface area contributed by atoms with Gasteiger partial charge in [0, 0.05) is 13.2 Å². The molecule has 0 aromatic carbocycles. The van der Waals surface area contributed by atoms with E-state index in [4.69, 9.17) is 4.74 Å². The molecule has 18 heavy (non-hydrogen) atoms. The van der Waals surface area contributed by atoms with Gasteiger partial charge >= 0.3 is 0 Å². The number of nitrogens with one attached hydrogen (secondary N) is 1. The third kappa shape index (κ3) is 1.81. The molecule has 5 nitrogen and oxygen atoms in total. The summed E-state index contributed by atoms with van der Waals surface area (Å²) in [6, 6.07) is 0. The van der Waals surface area contributed by atoms with Crippen LogP contribution in [0.3, 0.4) is 0 Å². The molecule has 1 saturated carbocycles. The van der Waals surface area contributed by atoms with E-state index >= 15 is 0 Å². The van der Waals surface area contributed by atoms with Gasteiger partial charge < -0.3 is 15.0 Å². The minimum Gasteiger partial charge on any atom is -0.376 e. The second-order valence-electron chi connectivity index (χ2n) is 5.74. The first-order chi connectivity index (χ1) is 8.62. The first-order valence-electron chi connectivity index (χ1n) is 6.82. The van der Waals surface area contributed by atoms with Crippen molar-refractivity contribution in [2.45, 2.75) is 44.2 Å². The predicted octanol–water partition coefficient (Wildman–Crippen LogP) is 0.293. The van der Waals surface area contributed by atoms with E-state index in [9.17, 15) is 9.59 Å². The Labute approximate surface area is 107 Å². The zero-order valence-corrected chi connectivity index (χ0v) is 10.8. The smallest absolute Gasteiger partial charge is 0.246 e. The molecule has 0 bridgehead atoms. The normalized spacial score (nSPS) is 36.9. The Morgan fingerprint density at radius 3 is 2.78 bits per heavy atom. The topological polar surface area (TPSA) is 58.6 Å². The zero-order valence-electron chi connectivity index (χ0n) is 10.8. The standard InChI is InChI=1S/C13H20N2O3/c1-13(9-4-5-9)12(17)14-7-11(16)15(13)8-10-3-2-6-18-10/h9-10H,2-8H2,1H3,(H,14,17). The average Bonchev–Trinajstić information content (AvgIpc) is 3.09. The van der Waals surface area contributed by atoms with Crippen molar-refractivity contribution in [3.8, 4) is 0 Å². The molecular weight excluding hydrogens is 232 g/mol.